The van der Waals surface area contributed by atoms with Gasteiger partial charge in [-0.05, 0) is 42.9 Å². The lowest BCUT2D eigenvalue weighted by molar-refractivity contribution is -0.131. The number of halogens is 2. The van der Waals surface area contributed by atoms with Crippen LogP contribution in [-0.4, -0.2) is 89.9 Å². The van der Waals surface area contributed by atoms with Gasteiger partial charge < -0.3 is 20.0 Å². The molecule has 1 unspecified atom stereocenters. The quantitative estimate of drug-likeness (QED) is 0.552. The zero-order valence-electron chi connectivity index (χ0n) is 20.9. The van der Waals surface area contributed by atoms with Gasteiger partial charge in [0.15, 0.2) is 0 Å². The lowest BCUT2D eigenvalue weighted by atomic mass is 10.0. The van der Waals surface area contributed by atoms with Crippen molar-refractivity contribution in [3.63, 3.8) is 0 Å². The normalized spacial score (nSPS) is 19.4. The van der Waals surface area contributed by atoms with Gasteiger partial charge in [0.2, 0.25) is 5.91 Å². The van der Waals surface area contributed by atoms with E-state index in [4.69, 9.17) is 5.26 Å². The van der Waals surface area contributed by atoms with Crippen molar-refractivity contribution in [2.75, 3.05) is 51.2 Å². The van der Waals surface area contributed by atoms with Gasteiger partial charge in [0.1, 0.15) is 11.9 Å². The maximum Gasteiger partial charge on any atom is 0.268 e. The number of aromatic nitrogens is 2. The van der Waals surface area contributed by atoms with Gasteiger partial charge >= 0.3 is 0 Å². The van der Waals surface area contributed by atoms with Crippen molar-refractivity contribution in [3.8, 4) is 17.2 Å². The van der Waals surface area contributed by atoms with E-state index >= 15 is 0 Å². The van der Waals surface area contributed by atoms with Crippen molar-refractivity contribution in [3.05, 3.63) is 54.4 Å². The van der Waals surface area contributed by atoms with Crippen LogP contribution in [0, 0.1) is 11.3 Å². The van der Waals surface area contributed by atoms with Crippen LogP contribution in [0.2, 0.25) is 0 Å². The molecule has 11 heteroatoms. The van der Waals surface area contributed by atoms with Crippen LogP contribution in [0.25, 0.3) is 22.0 Å². The minimum atomic E-state index is -3.12. The summed E-state index contributed by atoms with van der Waals surface area (Å²) in [6.07, 6.45) is 2.60. The topological polar surface area (TPSA) is 105 Å². The Bertz CT molecular complexity index is 1400. The fourth-order valence-electron chi connectivity index (χ4n) is 4.85. The van der Waals surface area contributed by atoms with E-state index in [2.05, 4.69) is 32.1 Å². The largest absolute Gasteiger partial charge is 0.354 e. The van der Waals surface area contributed by atoms with Crippen LogP contribution in [0.4, 0.5) is 14.6 Å². The van der Waals surface area contributed by atoms with E-state index in [1.807, 2.05) is 30.3 Å². The Hall–Kier alpha value is -4.17. The summed E-state index contributed by atoms with van der Waals surface area (Å²) >= 11 is 0. The average molecular weight is 520 g/mol. The van der Waals surface area contributed by atoms with E-state index in [9.17, 15) is 18.4 Å². The number of alkyl halides is 2. The first-order chi connectivity index (χ1) is 18.2. The standard InChI is InChI=1S/C27H27F2N7O2/c1-34-8-10-35(11-9-34)24-5-3-19(15-32-24)18-2-4-23-22(12-18)21(6-7-31-23)26(38)33-16-25(37)36-17-27(28,29)13-20(36)14-30/h2-7,12,15,20H,8-11,13,16-17H2,1H3,(H,33,38). The molecule has 9 nitrogen and oxygen atoms in total. The zero-order valence-corrected chi connectivity index (χ0v) is 20.9. The third-order valence-electron chi connectivity index (χ3n) is 7.03. The molecule has 2 aromatic heterocycles. The third-order valence-corrected chi connectivity index (χ3v) is 7.03. The van der Waals surface area contributed by atoms with Gasteiger partial charge in [0.05, 0.1) is 30.2 Å². The van der Waals surface area contributed by atoms with E-state index in [0.29, 0.717) is 16.5 Å². The number of nitrogens with one attached hydrogen (secondary N) is 1. The molecule has 196 valence electrons. The van der Waals surface area contributed by atoms with Gasteiger partial charge in [-0.3, -0.25) is 14.6 Å². The molecular weight excluding hydrogens is 492 g/mol. The number of carbonyl (C=O) groups is 2. The second kappa shape index (κ2) is 10.3. The van der Waals surface area contributed by atoms with Crippen molar-refractivity contribution in [2.45, 2.75) is 18.4 Å². The smallest absolute Gasteiger partial charge is 0.268 e. The number of carbonyl (C=O) groups excluding carboxylic acids is 2. The van der Waals surface area contributed by atoms with E-state index in [0.717, 1.165) is 48.0 Å². The Kier molecular flexibility index (Phi) is 6.91. The molecule has 2 fully saturated rings. The first kappa shape index (κ1) is 25.5. The molecule has 2 aliphatic rings. The summed E-state index contributed by atoms with van der Waals surface area (Å²) in [4.78, 5) is 39.8. The van der Waals surface area contributed by atoms with Crippen LogP contribution >= 0.6 is 0 Å². The molecule has 0 saturated carbocycles. The van der Waals surface area contributed by atoms with Crippen molar-refractivity contribution in [1.82, 2.24) is 25.1 Å². The number of likely N-dealkylation sites (N-methyl/N-ethyl adjacent to an activating group) is 1. The number of pyridine rings is 2. The maximum absolute atomic E-state index is 13.7. The molecule has 38 heavy (non-hydrogen) atoms. The molecule has 4 heterocycles. The Morgan fingerprint density at radius 2 is 1.87 bits per heavy atom. The number of rotatable bonds is 5. The number of hydrogen-bond acceptors (Lipinski definition) is 7. The SMILES string of the molecule is CN1CCN(c2ccc(-c3ccc4nccc(C(=O)NCC(=O)N5CC(F)(F)CC5C#N)c4c3)cn2)CC1. The highest BCUT2D eigenvalue weighted by Crippen LogP contribution is 2.32. The van der Waals surface area contributed by atoms with Gasteiger partial charge in [-0.25, -0.2) is 13.8 Å². The van der Waals surface area contributed by atoms with Gasteiger partial charge in [0.25, 0.3) is 11.8 Å². The van der Waals surface area contributed by atoms with E-state index < -0.39 is 43.3 Å². The van der Waals surface area contributed by atoms with Crippen LogP contribution in [0.15, 0.2) is 48.8 Å². The van der Waals surface area contributed by atoms with Crippen molar-refractivity contribution >= 4 is 28.5 Å². The number of piperazine rings is 1. The minimum Gasteiger partial charge on any atom is -0.354 e. The molecule has 1 atom stereocenters. The molecule has 3 aromatic rings. The van der Waals surface area contributed by atoms with E-state index in [1.54, 1.807) is 18.3 Å². The summed E-state index contributed by atoms with van der Waals surface area (Å²) in [5.41, 5.74) is 2.63. The highest BCUT2D eigenvalue weighted by Gasteiger charge is 2.47. The number of fused-ring (bicyclic) bond motifs is 1. The minimum absolute atomic E-state index is 0.301. The first-order valence-electron chi connectivity index (χ1n) is 12.4. The lowest BCUT2D eigenvalue weighted by Gasteiger charge is -2.33. The fraction of sp³-hybridized carbons (Fsp3) is 0.370. The van der Waals surface area contributed by atoms with Crippen LogP contribution in [0.3, 0.4) is 0 Å². The lowest BCUT2D eigenvalue weighted by Crippen LogP contribution is -2.44. The summed E-state index contributed by atoms with van der Waals surface area (Å²) in [7, 11) is 2.10. The molecule has 1 N–H and O–H groups in total. The Morgan fingerprint density at radius 1 is 1.11 bits per heavy atom. The summed E-state index contributed by atoms with van der Waals surface area (Å²) in [5.74, 6) is -3.46. The number of benzene rings is 1. The highest BCUT2D eigenvalue weighted by molar-refractivity contribution is 6.07. The molecular formula is C27H27F2N7O2. The van der Waals surface area contributed by atoms with Crippen LogP contribution in [-0.2, 0) is 4.79 Å². The Labute approximate surface area is 218 Å². The van der Waals surface area contributed by atoms with Gasteiger partial charge in [-0.2, -0.15) is 5.26 Å². The molecule has 2 amide bonds. The van der Waals surface area contributed by atoms with Gasteiger partial charge in [-0.15, -0.1) is 0 Å². The van der Waals surface area contributed by atoms with Crippen molar-refractivity contribution in [1.29, 1.82) is 5.26 Å². The molecule has 2 saturated heterocycles. The summed E-state index contributed by atoms with van der Waals surface area (Å²) < 4.78 is 27.4. The molecule has 0 radical (unpaired) electrons. The first-order valence-corrected chi connectivity index (χ1v) is 12.4. The average Bonchev–Trinajstić information content (AvgIpc) is 3.26. The van der Waals surface area contributed by atoms with Gasteiger partial charge in [0, 0.05) is 55.9 Å². The Morgan fingerprint density at radius 3 is 2.58 bits per heavy atom. The Balaban J connectivity index is 1.31. The summed E-state index contributed by atoms with van der Waals surface area (Å²) in [6, 6.07) is 11.6. The highest BCUT2D eigenvalue weighted by atomic mass is 19.3. The predicted molar refractivity (Wildman–Crippen MR) is 138 cm³/mol. The maximum atomic E-state index is 13.7. The van der Waals surface area contributed by atoms with Crippen molar-refractivity contribution < 1.29 is 18.4 Å². The van der Waals surface area contributed by atoms with E-state index in [-0.39, 0.29) is 0 Å². The molecule has 0 spiro atoms. The molecule has 0 aliphatic carbocycles. The predicted octanol–water partition coefficient (Wildman–Crippen LogP) is 2.54. The van der Waals surface area contributed by atoms with E-state index in [1.165, 1.54) is 6.20 Å². The molecule has 0 bridgehead atoms. The van der Waals surface area contributed by atoms with Crippen LogP contribution < -0.4 is 10.2 Å². The second-order valence-electron chi connectivity index (χ2n) is 9.70. The van der Waals surface area contributed by atoms with Crippen LogP contribution in [0.1, 0.15) is 16.8 Å². The number of nitrogens with zero attached hydrogens (tertiary/aromatic N) is 6. The molecule has 1 aromatic carbocycles. The second-order valence-corrected chi connectivity index (χ2v) is 9.70. The third kappa shape index (κ3) is 5.26. The molecule has 2 aliphatic heterocycles. The monoisotopic (exact) mass is 519 g/mol. The number of likely N-dealkylation sites (tertiary alicyclic amines) is 1. The summed E-state index contributed by atoms with van der Waals surface area (Å²) in [5, 5.41) is 12.2. The number of hydrogen-bond donors (Lipinski definition) is 1. The summed E-state index contributed by atoms with van der Waals surface area (Å²) in [6.45, 7) is 2.49. The molecule has 5 rings (SSSR count). The number of nitriles is 1. The van der Waals surface area contributed by atoms with Gasteiger partial charge in [-0.1, -0.05) is 6.07 Å². The van der Waals surface area contributed by atoms with Crippen LogP contribution in [0.5, 0.6) is 0 Å². The van der Waals surface area contributed by atoms with Crippen molar-refractivity contribution in [2.24, 2.45) is 0 Å². The number of amides is 2. The number of anilines is 1. The fourth-order valence-corrected chi connectivity index (χ4v) is 4.85. The zero-order chi connectivity index (χ0) is 26.9.